The van der Waals surface area contributed by atoms with Gasteiger partial charge in [0.25, 0.3) is 0 Å². The average molecular weight is 519 g/mol. The van der Waals surface area contributed by atoms with Gasteiger partial charge in [-0.25, -0.2) is 0 Å². The molecule has 1 unspecified atom stereocenters. The fourth-order valence-corrected chi connectivity index (χ4v) is 5.87. The van der Waals surface area contributed by atoms with E-state index in [1.807, 2.05) is 6.07 Å². The predicted molar refractivity (Wildman–Crippen MR) is 147 cm³/mol. The van der Waals surface area contributed by atoms with Crippen LogP contribution in [-0.2, 0) is 11.2 Å². The number of piperidine rings is 1. The molecule has 2 aromatic carbocycles. The molecule has 3 aliphatic heterocycles. The number of para-hydroxylation sites is 1. The molecule has 0 bridgehead atoms. The molecule has 3 aliphatic rings. The fourth-order valence-electron chi connectivity index (χ4n) is 5.87. The summed E-state index contributed by atoms with van der Waals surface area (Å²) in [4.78, 5) is 19.1. The molecule has 1 aromatic heterocycles. The molecular formula is C30H35FN4O3. The summed E-state index contributed by atoms with van der Waals surface area (Å²) in [6.07, 6.45) is 5.12. The number of aromatic amines is 1. The van der Waals surface area contributed by atoms with Crippen molar-refractivity contribution in [1.82, 2.24) is 9.88 Å². The van der Waals surface area contributed by atoms with Crippen LogP contribution in [0, 0.1) is 0 Å². The lowest BCUT2D eigenvalue weighted by Crippen LogP contribution is -2.39. The number of hydrogen-bond acceptors (Lipinski definition) is 6. The van der Waals surface area contributed by atoms with Crippen molar-refractivity contribution in [1.29, 1.82) is 0 Å². The number of H-pyrrole nitrogens is 1. The van der Waals surface area contributed by atoms with Gasteiger partial charge < -0.3 is 29.6 Å². The Morgan fingerprint density at radius 1 is 1.05 bits per heavy atom. The number of alkyl halides is 1. The lowest BCUT2D eigenvalue weighted by molar-refractivity contribution is 0.0384. The zero-order valence-corrected chi connectivity index (χ0v) is 21.6. The third-order valence-electron chi connectivity index (χ3n) is 7.88. The number of anilines is 2. The van der Waals surface area contributed by atoms with Gasteiger partial charge in [-0.3, -0.25) is 9.18 Å². The smallest absolute Gasteiger partial charge is 0.249 e. The maximum Gasteiger partial charge on any atom is 0.249 e. The van der Waals surface area contributed by atoms with Crippen LogP contribution < -0.4 is 20.5 Å². The Balaban J connectivity index is 1.14. The molecule has 8 heteroatoms. The van der Waals surface area contributed by atoms with E-state index in [0.717, 1.165) is 79.4 Å². The van der Waals surface area contributed by atoms with E-state index in [9.17, 15) is 9.18 Å². The lowest BCUT2D eigenvalue weighted by atomic mass is 9.95. The highest BCUT2D eigenvalue weighted by Crippen LogP contribution is 2.43. The molecule has 0 amide bonds. The maximum atomic E-state index is 12.5. The first kappa shape index (κ1) is 24.9. The van der Waals surface area contributed by atoms with Crippen LogP contribution in [0.2, 0.25) is 0 Å². The molecule has 38 heavy (non-hydrogen) atoms. The Hall–Kier alpha value is -3.36. The molecule has 7 nitrogen and oxygen atoms in total. The van der Waals surface area contributed by atoms with E-state index in [4.69, 9.17) is 9.47 Å². The molecule has 2 N–H and O–H groups in total. The van der Waals surface area contributed by atoms with E-state index in [-0.39, 0.29) is 18.3 Å². The number of aromatic nitrogens is 1. The summed E-state index contributed by atoms with van der Waals surface area (Å²) in [5, 5.41) is 3.71. The summed E-state index contributed by atoms with van der Waals surface area (Å²) in [7, 11) is 0. The molecule has 4 heterocycles. The van der Waals surface area contributed by atoms with Crippen LogP contribution in [0.5, 0.6) is 11.5 Å². The Morgan fingerprint density at radius 3 is 2.79 bits per heavy atom. The summed E-state index contributed by atoms with van der Waals surface area (Å²) in [5.41, 5.74) is 5.31. The minimum Gasteiger partial charge on any atom is -0.456 e. The molecule has 0 aliphatic carbocycles. The first-order valence-electron chi connectivity index (χ1n) is 13.7. The van der Waals surface area contributed by atoms with Gasteiger partial charge in [0.2, 0.25) is 5.56 Å². The van der Waals surface area contributed by atoms with Gasteiger partial charge >= 0.3 is 0 Å². The highest BCUT2D eigenvalue weighted by atomic mass is 19.1. The van der Waals surface area contributed by atoms with Crippen molar-refractivity contribution in [2.24, 2.45) is 0 Å². The number of rotatable bonds is 7. The molecule has 1 atom stereocenters. The first-order valence-corrected chi connectivity index (χ1v) is 13.7. The number of fused-ring (bicyclic) bond motifs is 2. The van der Waals surface area contributed by atoms with Crippen molar-refractivity contribution in [2.75, 3.05) is 56.2 Å². The Kier molecular flexibility index (Phi) is 7.33. The van der Waals surface area contributed by atoms with Crippen molar-refractivity contribution < 1.29 is 13.9 Å². The summed E-state index contributed by atoms with van der Waals surface area (Å²) in [6.45, 7) is 4.64. The number of benzene rings is 2. The van der Waals surface area contributed by atoms with Gasteiger partial charge in [-0.05, 0) is 49.1 Å². The van der Waals surface area contributed by atoms with Gasteiger partial charge in [0, 0.05) is 80.0 Å². The molecular weight excluding hydrogens is 483 g/mol. The van der Waals surface area contributed by atoms with E-state index >= 15 is 0 Å². The standard InChI is InChI=1S/C30H35FN4O3/c31-10-2-12-34-13-8-23(9-14-34)33-24-5-6-27-22(18-24)17-21-3-1-4-26(30(21)38-27)28-20-35(15-16-37-28)25-7-11-32-29(36)19-25/h1,3-7,11,18-19,23,28,33H,2,8-10,12-17,20H2,(H,32,36). The maximum absolute atomic E-state index is 12.5. The van der Waals surface area contributed by atoms with E-state index < -0.39 is 0 Å². The van der Waals surface area contributed by atoms with Gasteiger partial charge in [0.1, 0.15) is 17.6 Å². The first-order chi connectivity index (χ1) is 18.7. The fraction of sp³-hybridized carbons (Fsp3) is 0.433. The summed E-state index contributed by atoms with van der Waals surface area (Å²) < 4.78 is 25.2. The number of hydrogen-bond donors (Lipinski definition) is 2. The minimum atomic E-state index is -0.234. The van der Waals surface area contributed by atoms with Crippen LogP contribution in [0.1, 0.15) is 42.1 Å². The molecule has 200 valence electrons. The van der Waals surface area contributed by atoms with Crippen molar-refractivity contribution >= 4 is 11.4 Å². The van der Waals surface area contributed by atoms with Crippen LogP contribution in [0.15, 0.2) is 59.5 Å². The summed E-state index contributed by atoms with van der Waals surface area (Å²) >= 11 is 0. The molecule has 0 spiro atoms. The van der Waals surface area contributed by atoms with Crippen molar-refractivity contribution in [3.05, 3.63) is 81.8 Å². The van der Waals surface area contributed by atoms with Gasteiger partial charge in [-0.1, -0.05) is 18.2 Å². The number of pyridine rings is 1. The van der Waals surface area contributed by atoms with Crippen LogP contribution >= 0.6 is 0 Å². The van der Waals surface area contributed by atoms with Crippen molar-refractivity contribution in [3.8, 4) is 11.5 Å². The van der Waals surface area contributed by atoms with Gasteiger partial charge in [-0.2, -0.15) is 0 Å². The third kappa shape index (κ3) is 5.42. The number of morpholine rings is 1. The Bertz CT molecular complexity index is 1320. The summed E-state index contributed by atoms with van der Waals surface area (Å²) in [6, 6.07) is 16.7. The van der Waals surface area contributed by atoms with Crippen LogP contribution in [0.3, 0.4) is 0 Å². The highest BCUT2D eigenvalue weighted by Gasteiger charge is 2.29. The number of halogens is 1. The number of nitrogens with one attached hydrogen (secondary N) is 2. The number of likely N-dealkylation sites (tertiary alicyclic amines) is 1. The van der Waals surface area contributed by atoms with Crippen LogP contribution in [0.25, 0.3) is 0 Å². The van der Waals surface area contributed by atoms with Crippen LogP contribution in [0.4, 0.5) is 15.8 Å². The van der Waals surface area contributed by atoms with E-state index in [2.05, 4.69) is 56.5 Å². The second-order valence-corrected chi connectivity index (χ2v) is 10.5. The largest absolute Gasteiger partial charge is 0.456 e. The van der Waals surface area contributed by atoms with Gasteiger partial charge in [-0.15, -0.1) is 0 Å². The van der Waals surface area contributed by atoms with Crippen LogP contribution in [-0.4, -0.2) is 61.9 Å². The normalized spacial score (nSPS) is 19.9. The second-order valence-electron chi connectivity index (χ2n) is 10.5. The number of ether oxygens (including phenoxy) is 2. The topological polar surface area (TPSA) is 69.8 Å². The highest BCUT2D eigenvalue weighted by molar-refractivity contribution is 5.59. The van der Waals surface area contributed by atoms with Crippen molar-refractivity contribution in [3.63, 3.8) is 0 Å². The van der Waals surface area contributed by atoms with E-state index in [1.54, 1.807) is 12.3 Å². The second kappa shape index (κ2) is 11.2. The zero-order chi connectivity index (χ0) is 25.9. The number of nitrogens with zero attached hydrogens (tertiary/aromatic N) is 2. The molecule has 0 saturated carbocycles. The lowest BCUT2D eigenvalue weighted by Gasteiger charge is -2.36. The monoisotopic (exact) mass is 518 g/mol. The van der Waals surface area contributed by atoms with Crippen molar-refractivity contribution in [2.45, 2.75) is 37.8 Å². The molecule has 6 rings (SSSR count). The summed E-state index contributed by atoms with van der Waals surface area (Å²) in [5.74, 6) is 1.78. The molecule has 2 fully saturated rings. The molecule has 2 saturated heterocycles. The Morgan fingerprint density at radius 2 is 1.95 bits per heavy atom. The molecule has 0 radical (unpaired) electrons. The predicted octanol–water partition coefficient (Wildman–Crippen LogP) is 4.89. The van der Waals surface area contributed by atoms with Gasteiger partial charge in [0.15, 0.2) is 0 Å². The minimum absolute atomic E-state index is 0.101. The SMILES string of the molecule is O=c1cc(N2CCOC(c3cccc4c3Oc3ccc(NC5CCN(CCCF)CC5)cc3C4)C2)cc[nH]1. The van der Waals surface area contributed by atoms with E-state index in [1.165, 1.54) is 5.56 Å². The zero-order valence-electron chi connectivity index (χ0n) is 21.6. The molecule has 3 aromatic rings. The third-order valence-corrected chi connectivity index (χ3v) is 7.88. The quantitative estimate of drug-likeness (QED) is 0.363. The van der Waals surface area contributed by atoms with Gasteiger partial charge in [0.05, 0.1) is 13.3 Å². The Labute approximate surface area is 222 Å². The average Bonchev–Trinajstić information content (AvgIpc) is 2.95. The van der Waals surface area contributed by atoms with E-state index in [0.29, 0.717) is 25.6 Å².